The third-order valence-corrected chi connectivity index (χ3v) is 3.73. The van der Waals surface area contributed by atoms with Crippen LogP contribution < -0.4 is 0 Å². The highest BCUT2D eigenvalue weighted by molar-refractivity contribution is 7.49. The first-order valence-electron chi connectivity index (χ1n) is 3.51. The Labute approximate surface area is 77.0 Å². The molecule has 0 aliphatic heterocycles. The van der Waals surface area contributed by atoms with E-state index in [1.165, 1.54) is 0 Å². The summed E-state index contributed by atoms with van der Waals surface area (Å²) in [7, 11) is -7.89. The largest absolute Gasteiger partial charge is 0.680 e. The molecule has 0 spiro atoms. The van der Waals surface area contributed by atoms with Crippen LogP contribution >= 0.6 is 7.82 Å². The molecule has 1 unspecified atom stereocenters. The average molecular weight is 232 g/mol. The van der Waals surface area contributed by atoms with Gasteiger partial charge in [-0.3, -0.25) is 13.3 Å². The quantitative estimate of drug-likeness (QED) is 0.422. The van der Waals surface area contributed by atoms with Crippen molar-refractivity contribution in [2.24, 2.45) is 0 Å². The molecule has 0 radical (unpaired) electrons. The fourth-order valence-corrected chi connectivity index (χ4v) is 2.69. The van der Waals surface area contributed by atoms with E-state index in [9.17, 15) is 4.57 Å². The van der Waals surface area contributed by atoms with Gasteiger partial charge in [0.1, 0.15) is 0 Å². The summed E-state index contributed by atoms with van der Waals surface area (Å²) in [4.78, 5) is 25.4. The minimum absolute atomic E-state index is 0.0651. The van der Waals surface area contributed by atoms with E-state index in [1.807, 2.05) is 0 Å². The van der Waals surface area contributed by atoms with E-state index < -0.39 is 16.9 Å². The average Bonchev–Trinajstić information content (AvgIpc) is 1.98. The molecule has 80 valence electrons. The van der Waals surface area contributed by atoms with Gasteiger partial charge in [-0.1, -0.05) is 6.92 Å². The molecule has 0 amide bonds. The Morgan fingerprint density at radius 1 is 1.38 bits per heavy atom. The molecule has 13 heavy (non-hydrogen) atoms. The van der Waals surface area contributed by atoms with Gasteiger partial charge in [0.05, 0.1) is 6.61 Å². The second-order valence-electron chi connectivity index (χ2n) is 2.13. The Kier molecular flexibility index (Phi) is 5.26. The van der Waals surface area contributed by atoms with Crippen LogP contribution in [0.4, 0.5) is 0 Å². The van der Waals surface area contributed by atoms with Gasteiger partial charge >= 0.3 is 16.9 Å². The first kappa shape index (κ1) is 13.2. The molecule has 0 aromatic heterocycles. The molecule has 0 aromatic rings. The van der Waals surface area contributed by atoms with E-state index in [2.05, 4.69) is 13.3 Å². The van der Waals surface area contributed by atoms with Crippen molar-refractivity contribution in [1.29, 1.82) is 0 Å². The van der Waals surface area contributed by atoms with Gasteiger partial charge in [0.2, 0.25) is 0 Å². The van der Waals surface area contributed by atoms with Gasteiger partial charge in [-0.15, -0.1) is 0 Å². The third kappa shape index (κ3) is 6.30. The second kappa shape index (κ2) is 5.18. The fourth-order valence-electron chi connectivity index (χ4n) is 0.469. The molecule has 0 saturated heterocycles. The summed E-state index contributed by atoms with van der Waals surface area (Å²) < 4.78 is 24.1. The molecule has 0 rings (SSSR count). The van der Waals surface area contributed by atoms with Crippen molar-refractivity contribution in [3.8, 4) is 0 Å². The molecular formula is C4H13O7PSi. The van der Waals surface area contributed by atoms with Crippen LogP contribution in [0.25, 0.3) is 0 Å². The summed E-state index contributed by atoms with van der Waals surface area (Å²) >= 11 is 0. The van der Waals surface area contributed by atoms with Crippen molar-refractivity contribution in [3.63, 3.8) is 0 Å². The van der Waals surface area contributed by atoms with Crippen molar-refractivity contribution in [1.82, 2.24) is 0 Å². The molecule has 0 heterocycles. The van der Waals surface area contributed by atoms with E-state index in [4.69, 9.17) is 14.4 Å². The Bertz CT molecular complexity index is 189. The van der Waals surface area contributed by atoms with Gasteiger partial charge in [-0.2, -0.15) is 0 Å². The Balaban J connectivity index is 4.20. The Morgan fingerprint density at radius 3 is 2.23 bits per heavy atom. The highest BCUT2D eigenvalue weighted by atomic mass is 31.2. The van der Waals surface area contributed by atoms with Crippen LogP contribution in [-0.4, -0.2) is 37.2 Å². The van der Waals surface area contributed by atoms with Crippen molar-refractivity contribution in [2.45, 2.75) is 13.3 Å². The van der Waals surface area contributed by atoms with Crippen LogP contribution in [-0.2, 0) is 17.8 Å². The van der Waals surface area contributed by atoms with Crippen LogP contribution in [0, 0.1) is 0 Å². The van der Waals surface area contributed by atoms with Gasteiger partial charge < -0.3 is 14.4 Å². The summed E-state index contributed by atoms with van der Waals surface area (Å²) in [5, 5.41) is 0. The zero-order chi connectivity index (χ0) is 10.5. The normalized spacial score (nSPS) is 17.0. The zero-order valence-corrected chi connectivity index (χ0v) is 9.23. The molecule has 0 aliphatic rings. The van der Waals surface area contributed by atoms with Crippen molar-refractivity contribution >= 4 is 16.9 Å². The van der Waals surface area contributed by atoms with Gasteiger partial charge in [0.15, 0.2) is 0 Å². The second-order valence-corrected chi connectivity index (χ2v) is 5.52. The predicted molar refractivity (Wildman–Crippen MR) is 44.4 cm³/mol. The van der Waals surface area contributed by atoms with Crippen LogP contribution in [0.5, 0.6) is 0 Å². The maximum absolute atomic E-state index is 11.2. The lowest BCUT2D eigenvalue weighted by atomic mass is 10.5. The fraction of sp³-hybridized carbons (Fsp3) is 1.00. The van der Waals surface area contributed by atoms with Crippen molar-refractivity contribution in [3.05, 3.63) is 0 Å². The molecule has 3 N–H and O–H groups in total. The lowest BCUT2D eigenvalue weighted by Gasteiger charge is -2.18. The van der Waals surface area contributed by atoms with E-state index in [-0.39, 0.29) is 6.61 Å². The standard InChI is InChI=1S/C4H13O7PSi/c1-3-4-10-12(5,9-2)11-13(6,7)8/h6-8H,3-4H2,1-2H3. The Hall–Kier alpha value is 0.207. The van der Waals surface area contributed by atoms with Crippen LogP contribution in [0.3, 0.4) is 0 Å². The number of hydrogen-bond donors (Lipinski definition) is 3. The summed E-state index contributed by atoms with van der Waals surface area (Å²) in [5.74, 6) is 0. The van der Waals surface area contributed by atoms with E-state index in [0.717, 1.165) is 7.11 Å². The molecule has 9 heteroatoms. The highest BCUT2D eigenvalue weighted by Gasteiger charge is 2.42. The number of rotatable bonds is 6. The summed E-state index contributed by atoms with van der Waals surface area (Å²) in [6, 6.07) is 0. The summed E-state index contributed by atoms with van der Waals surface area (Å²) in [5.41, 5.74) is 0. The summed E-state index contributed by atoms with van der Waals surface area (Å²) in [6.07, 6.45) is 0.549. The first-order chi connectivity index (χ1) is 5.83. The maximum Gasteiger partial charge on any atom is 0.680 e. The molecule has 0 saturated carbocycles. The number of hydrogen-bond acceptors (Lipinski definition) is 7. The summed E-state index contributed by atoms with van der Waals surface area (Å²) in [6.45, 7) is 1.82. The van der Waals surface area contributed by atoms with Gasteiger partial charge in [0, 0.05) is 7.11 Å². The van der Waals surface area contributed by atoms with Gasteiger partial charge in [-0.05, 0) is 6.42 Å². The van der Waals surface area contributed by atoms with Crippen molar-refractivity contribution < 1.29 is 32.2 Å². The molecular weight excluding hydrogens is 219 g/mol. The van der Waals surface area contributed by atoms with Gasteiger partial charge in [-0.25, -0.2) is 4.57 Å². The van der Waals surface area contributed by atoms with Crippen LogP contribution in [0.15, 0.2) is 0 Å². The molecule has 0 aromatic carbocycles. The molecule has 0 fully saturated rings. The van der Waals surface area contributed by atoms with E-state index in [1.54, 1.807) is 6.92 Å². The lowest BCUT2D eigenvalue weighted by Crippen LogP contribution is -2.38. The van der Waals surface area contributed by atoms with Gasteiger partial charge in [0.25, 0.3) is 0 Å². The molecule has 7 nitrogen and oxygen atoms in total. The molecule has 1 atom stereocenters. The Morgan fingerprint density at radius 2 is 1.92 bits per heavy atom. The molecule has 0 bridgehead atoms. The number of phosphoric ester groups is 1. The third-order valence-electron chi connectivity index (χ3n) is 0.911. The van der Waals surface area contributed by atoms with E-state index in [0.29, 0.717) is 6.42 Å². The van der Waals surface area contributed by atoms with E-state index >= 15 is 0 Å². The topological polar surface area (TPSA) is 105 Å². The number of phosphoric acid groups is 1. The maximum atomic E-state index is 11.2. The zero-order valence-electron chi connectivity index (χ0n) is 7.34. The first-order valence-corrected chi connectivity index (χ1v) is 6.72. The smallest absolute Gasteiger partial charge is 0.367 e. The highest BCUT2D eigenvalue weighted by Crippen LogP contribution is 2.49. The minimum Gasteiger partial charge on any atom is -0.367 e. The van der Waals surface area contributed by atoms with Crippen molar-refractivity contribution in [2.75, 3.05) is 13.7 Å². The SMILES string of the molecule is CCCOP(=O)(OC)O[Si](O)(O)O. The minimum atomic E-state index is -4.88. The van der Waals surface area contributed by atoms with Crippen LogP contribution in [0.1, 0.15) is 13.3 Å². The predicted octanol–water partition coefficient (Wildman–Crippen LogP) is -0.403. The monoisotopic (exact) mass is 232 g/mol. The lowest BCUT2D eigenvalue weighted by molar-refractivity contribution is 0.0856. The van der Waals surface area contributed by atoms with Crippen LogP contribution in [0.2, 0.25) is 0 Å². The molecule has 0 aliphatic carbocycles.